The smallest absolute Gasteiger partial charge is 0.257 e. The van der Waals surface area contributed by atoms with Crippen molar-refractivity contribution < 1.29 is 19.1 Å². The van der Waals surface area contributed by atoms with Crippen LogP contribution in [0.25, 0.3) is 0 Å². The van der Waals surface area contributed by atoms with E-state index in [0.717, 1.165) is 31.2 Å². The third-order valence-corrected chi connectivity index (χ3v) is 6.39. The van der Waals surface area contributed by atoms with Crippen molar-refractivity contribution in [2.24, 2.45) is 0 Å². The molecule has 2 aromatic carbocycles. The quantitative estimate of drug-likeness (QED) is 0.582. The minimum absolute atomic E-state index is 0.00883. The molecule has 0 N–H and O–H groups in total. The summed E-state index contributed by atoms with van der Waals surface area (Å²) in [4.78, 5) is 42.5. The van der Waals surface area contributed by atoms with Gasteiger partial charge < -0.3 is 9.64 Å². The van der Waals surface area contributed by atoms with Crippen LogP contribution in [0.3, 0.4) is 0 Å². The average molecular weight is 455 g/mol. The van der Waals surface area contributed by atoms with Crippen LogP contribution in [0.5, 0.6) is 5.75 Å². The van der Waals surface area contributed by atoms with Gasteiger partial charge in [-0.3, -0.25) is 14.4 Å². The Hall–Kier alpha value is -2.86. The lowest BCUT2D eigenvalue weighted by Gasteiger charge is -2.33. The molecule has 3 amide bonds. The Morgan fingerprint density at radius 3 is 2.34 bits per heavy atom. The Morgan fingerprint density at radius 2 is 1.72 bits per heavy atom. The minimum Gasteiger partial charge on any atom is -0.494 e. The normalized spacial score (nSPS) is 18.9. The zero-order valence-corrected chi connectivity index (χ0v) is 18.9. The van der Waals surface area contributed by atoms with Crippen molar-refractivity contribution in [3.05, 3.63) is 59.1 Å². The highest BCUT2D eigenvalue weighted by molar-refractivity contribution is 6.30. The molecule has 0 bridgehead atoms. The van der Waals surface area contributed by atoms with Gasteiger partial charge in [0, 0.05) is 11.1 Å². The van der Waals surface area contributed by atoms with Crippen molar-refractivity contribution in [1.82, 2.24) is 4.90 Å². The van der Waals surface area contributed by atoms with E-state index in [2.05, 4.69) is 0 Å². The number of carbonyl (C=O) groups excluding carboxylic acids is 3. The van der Waals surface area contributed by atoms with Crippen LogP contribution in [0.4, 0.5) is 5.69 Å². The fourth-order valence-electron chi connectivity index (χ4n) is 4.65. The van der Waals surface area contributed by atoms with Crippen molar-refractivity contribution in [2.75, 3.05) is 11.5 Å². The van der Waals surface area contributed by atoms with Crippen LogP contribution in [0.2, 0.25) is 5.02 Å². The molecule has 0 radical (unpaired) electrons. The summed E-state index contributed by atoms with van der Waals surface area (Å²) in [7, 11) is 0. The van der Waals surface area contributed by atoms with Gasteiger partial charge in [0.2, 0.25) is 11.8 Å². The molecule has 6 nitrogen and oxygen atoms in total. The van der Waals surface area contributed by atoms with Crippen molar-refractivity contribution in [2.45, 2.75) is 57.5 Å². The SMILES string of the molecule is CCOc1ccc(N2C(=O)CC(N(C(=O)Cc3ccc(Cl)cc3)C3CCCC3)C2=O)cc1. The molecule has 0 spiro atoms. The number of amides is 3. The lowest BCUT2D eigenvalue weighted by molar-refractivity contribution is -0.140. The van der Waals surface area contributed by atoms with Crippen LogP contribution in [-0.2, 0) is 20.8 Å². The van der Waals surface area contributed by atoms with Gasteiger partial charge in [-0.15, -0.1) is 0 Å². The predicted molar refractivity (Wildman–Crippen MR) is 123 cm³/mol. The number of anilines is 1. The first-order chi connectivity index (χ1) is 15.5. The molecule has 1 aliphatic heterocycles. The van der Waals surface area contributed by atoms with E-state index in [1.54, 1.807) is 41.3 Å². The highest BCUT2D eigenvalue weighted by Crippen LogP contribution is 2.32. The summed E-state index contributed by atoms with van der Waals surface area (Å²) in [5.74, 6) is -0.0708. The van der Waals surface area contributed by atoms with Crippen LogP contribution >= 0.6 is 11.6 Å². The van der Waals surface area contributed by atoms with E-state index in [0.29, 0.717) is 23.1 Å². The number of hydrogen-bond acceptors (Lipinski definition) is 4. The van der Waals surface area contributed by atoms with Gasteiger partial charge in [-0.1, -0.05) is 36.6 Å². The molecule has 0 aromatic heterocycles. The second-order valence-corrected chi connectivity index (χ2v) is 8.69. The van der Waals surface area contributed by atoms with Gasteiger partial charge in [-0.05, 0) is 61.7 Å². The average Bonchev–Trinajstić information content (AvgIpc) is 3.40. The van der Waals surface area contributed by atoms with E-state index in [4.69, 9.17) is 16.3 Å². The molecule has 2 fully saturated rings. The second kappa shape index (κ2) is 9.74. The van der Waals surface area contributed by atoms with E-state index < -0.39 is 6.04 Å². The summed E-state index contributed by atoms with van der Waals surface area (Å²) in [6, 6.07) is 13.3. The Morgan fingerprint density at radius 1 is 1.06 bits per heavy atom. The van der Waals surface area contributed by atoms with Crippen LogP contribution in [-0.4, -0.2) is 41.3 Å². The van der Waals surface area contributed by atoms with Gasteiger partial charge >= 0.3 is 0 Å². The molecule has 1 atom stereocenters. The highest BCUT2D eigenvalue weighted by Gasteiger charge is 2.46. The van der Waals surface area contributed by atoms with Crippen LogP contribution in [0, 0.1) is 0 Å². The van der Waals surface area contributed by atoms with Crippen molar-refractivity contribution >= 4 is 35.0 Å². The van der Waals surface area contributed by atoms with Gasteiger partial charge in [0.15, 0.2) is 0 Å². The molecule has 168 valence electrons. The molecule has 1 unspecified atom stereocenters. The lowest BCUT2D eigenvalue weighted by atomic mass is 10.1. The van der Waals surface area contributed by atoms with E-state index in [1.807, 2.05) is 19.1 Å². The number of rotatable bonds is 7. The van der Waals surface area contributed by atoms with E-state index in [9.17, 15) is 14.4 Å². The summed E-state index contributed by atoms with van der Waals surface area (Å²) < 4.78 is 5.45. The van der Waals surface area contributed by atoms with Crippen LogP contribution in [0.1, 0.15) is 44.6 Å². The minimum atomic E-state index is -0.767. The third-order valence-electron chi connectivity index (χ3n) is 6.14. The molecule has 32 heavy (non-hydrogen) atoms. The predicted octanol–water partition coefficient (Wildman–Crippen LogP) is 4.38. The first kappa shape index (κ1) is 22.3. The van der Waals surface area contributed by atoms with Crippen molar-refractivity contribution in [1.29, 1.82) is 0 Å². The maximum atomic E-state index is 13.4. The first-order valence-corrected chi connectivity index (χ1v) is 11.5. The molecule has 7 heteroatoms. The van der Waals surface area contributed by atoms with Gasteiger partial charge in [-0.25, -0.2) is 4.90 Å². The standard InChI is InChI=1S/C25H27ClN2O4/c1-2-32-21-13-11-20(12-14-21)28-24(30)16-22(25(28)31)27(19-5-3-4-6-19)23(29)15-17-7-9-18(26)10-8-17/h7-14,19,22H,2-6,15-16H2,1H3. The van der Waals surface area contributed by atoms with Crippen molar-refractivity contribution in [3.63, 3.8) is 0 Å². The maximum absolute atomic E-state index is 13.4. The second-order valence-electron chi connectivity index (χ2n) is 8.26. The van der Waals surface area contributed by atoms with Gasteiger partial charge in [0.25, 0.3) is 5.91 Å². The summed E-state index contributed by atoms with van der Waals surface area (Å²) in [6.45, 7) is 2.43. The summed E-state index contributed by atoms with van der Waals surface area (Å²) in [5, 5.41) is 0.608. The number of nitrogens with zero attached hydrogens (tertiary/aromatic N) is 2. The third kappa shape index (κ3) is 4.65. The molecule has 1 saturated heterocycles. The molecule has 1 saturated carbocycles. The Bertz CT molecular complexity index is 984. The molecule has 2 aromatic rings. The largest absolute Gasteiger partial charge is 0.494 e. The number of imide groups is 1. The zero-order chi connectivity index (χ0) is 22.7. The molecule has 1 heterocycles. The summed E-state index contributed by atoms with van der Waals surface area (Å²) in [6.07, 6.45) is 3.93. The summed E-state index contributed by atoms with van der Waals surface area (Å²) >= 11 is 5.96. The number of carbonyl (C=O) groups is 3. The topological polar surface area (TPSA) is 66.9 Å². The fourth-order valence-corrected chi connectivity index (χ4v) is 4.77. The van der Waals surface area contributed by atoms with Gasteiger partial charge in [-0.2, -0.15) is 0 Å². The van der Waals surface area contributed by atoms with Crippen LogP contribution < -0.4 is 9.64 Å². The molecular formula is C25H27ClN2O4. The monoisotopic (exact) mass is 454 g/mol. The zero-order valence-electron chi connectivity index (χ0n) is 18.1. The lowest BCUT2D eigenvalue weighted by Crippen LogP contribution is -2.50. The first-order valence-electron chi connectivity index (χ1n) is 11.1. The number of benzene rings is 2. The molecule has 1 aliphatic carbocycles. The Balaban J connectivity index is 1.57. The van der Waals surface area contributed by atoms with Gasteiger partial charge in [0.1, 0.15) is 11.8 Å². The van der Waals surface area contributed by atoms with Gasteiger partial charge in [0.05, 0.1) is 25.1 Å². The number of hydrogen-bond donors (Lipinski definition) is 0. The fraction of sp³-hybridized carbons (Fsp3) is 0.400. The molecule has 2 aliphatic rings. The number of halogens is 1. The number of ether oxygens (including phenoxy) is 1. The molecule has 4 rings (SSSR count). The Labute approximate surface area is 193 Å². The van der Waals surface area contributed by atoms with Crippen LogP contribution in [0.15, 0.2) is 48.5 Å². The van der Waals surface area contributed by atoms with E-state index in [-0.39, 0.29) is 36.6 Å². The van der Waals surface area contributed by atoms with E-state index >= 15 is 0 Å². The van der Waals surface area contributed by atoms with E-state index in [1.165, 1.54) is 4.90 Å². The highest BCUT2D eigenvalue weighted by atomic mass is 35.5. The molecular weight excluding hydrogens is 428 g/mol. The Kier molecular flexibility index (Phi) is 6.80. The summed E-state index contributed by atoms with van der Waals surface area (Å²) in [5.41, 5.74) is 1.34. The maximum Gasteiger partial charge on any atom is 0.257 e. The van der Waals surface area contributed by atoms with Crippen molar-refractivity contribution in [3.8, 4) is 5.75 Å².